The van der Waals surface area contributed by atoms with Crippen molar-refractivity contribution in [2.75, 3.05) is 12.9 Å². The summed E-state index contributed by atoms with van der Waals surface area (Å²) in [5.41, 5.74) is 3.02. The molecule has 6 heteroatoms. The van der Waals surface area contributed by atoms with Crippen LogP contribution in [0.2, 0.25) is 0 Å². The number of carbonyl (C=O) groups excluding carboxylic acids is 1. The fourth-order valence-electron chi connectivity index (χ4n) is 3.23. The van der Waals surface area contributed by atoms with E-state index in [1.807, 2.05) is 48.2 Å². The van der Waals surface area contributed by atoms with Gasteiger partial charge in [-0.15, -0.1) is 11.8 Å². The van der Waals surface area contributed by atoms with E-state index in [0.717, 1.165) is 32.8 Å². The van der Waals surface area contributed by atoms with Crippen molar-refractivity contribution in [3.63, 3.8) is 0 Å². The van der Waals surface area contributed by atoms with E-state index in [0.29, 0.717) is 0 Å². The van der Waals surface area contributed by atoms with Gasteiger partial charge in [-0.05, 0) is 39.7 Å². The highest BCUT2D eigenvalue weighted by Crippen LogP contribution is 2.41. The molecule has 0 aliphatic carbocycles. The van der Waals surface area contributed by atoms with Crippen molar-refractivity contribution in [3.8, 4) is 5.75 Å². The first-order chi connectivity index (χ1) is 11.7. The number of thioether (sulfide) groups is 1. The molecule has 0 fully saturated rings. The molecule has 0 aromatic heterocycles. The number of nitrogens with one attached hydrogen (secondary N) is 1. The molecule has 2 aromatic carbocycles. The molecule has 122 valence electrons. The van der Waals surface area contributed by atoms with Gasteiger partial charge >= 0.3 is 6.03 Å². The molecule has 0 bridgehead atoms. The number of ether oxygens (including phenoxy) is 1. The molecule has 2 atom stereocenters. The van der Waals surface area contributed by atoms with E-state index < -0.39 is 0 Å². The maximum absolute atomic E-state index is 12.2. The standard InChI is InChI=1S/C18H15BrN2O2S/c1-23-14-7-6-10(8-13(14)19)16-12-9-24-15-5-3-2-4-11(15)17(12)21-18(22)20-16/h2-8,12,16H,9H2,1H3,(H,20,22). The summed E-state index contributed by atoms with van der Waals surface area (Å²) in [6, 6.07) is 13.7. The summed E-state index contributed by atoms with van der Waals surface area (Å²) in [7, 11) is 1.64. The van der Waals surface area contributed by atoms with Crippen molar-refractivity contribution >= 4 is 39.4 Å². The van der Waals surface area contributed by atoms with Gasteiger partial charge in [-0.2, -0.15) is 4.99 Å². The van der Waals surface area contributed by atoms with Crippen molar-refractivity contribution in [2.24, 2.45) is 10.9 Å². The van der Waals surface area contributed by atoms with Gasteiger partial charge in [-0.3, -0.25) is 0 Å². The summed E-state index contributed by atoms with van der Waals surface area (Å²) < 4.78 is 6.18. The van der Waals surface area contributed by atoms with E-state index in [4.69, 9.17) is 4.74 Å². The van der Waals surface area contributed by atoms with Crippen LogP contribution < -0.4 is 10.1 Å². The van der Waals surface area contributed by atoms with E-state index in [-0.39, 0.29) is 18.0 Å². The summed E-state index contributed by atoms with van der Waals surface area (Å²) in [5, 5.41) is 3.03. The van der Waals surface area contributed by atoms with E-state index >= 15 is 0 Å². The molecule has 2 unspecified atom stereocenters. The fraction of sp³-hybridized carbons (Fsp3) is 0.222. The Morgan fingerprint density at radius 1 is 1.29 bits per heavy atom. The second-order valence-corrected chi connectivity index (χ2v) is 7.65. The smallest absolute Gasteiger partial charge is 0.341 e. The first-order valence-corrected chi connectivity index (χ1v) is 9.40. The first-order valence-electron chi connectivity index (χ1n) is 7.62. The molecule has 0 spiro atoms. The zero-order chi connectivity index (χ0) is 16.7. The van der Waals surface area contributed by atoms with E-state index in [1.165, 1.54) is 4.90 Å². The minimum absolute atomic E-state index is 0.0898. The molecule has 2 amide bonds. The van der Waals surface area contributed by atoms with Crippen molar-refractivity contribution in [1.82, 2.24) is 5.32 Å². The topological polar surface area (TPSA) is 50.7 Å². The Kier molecular flexibility index (Phi) is 4.10. The van der Waals surface area contributed by atoms with Crippen LogP contribution in [0, 0.1) is 5.92 Å². The van der Waals surface area contributed by atoms with Gasteiger partial charge in [0.1, 0.15) is 5.75 Å². The van der Waals surface area contributed by atoms with Crippen LogP contribution in [0.15, 0.2) is 56.8 Å². The largest absolute Gasteiger partial charge is 0.496 e. The molecule has 1 N–H and O–H groups in total. The summed E-state index contributed by atoms with van der Waals surface area (Å²) in [6.07, 6.45) is 0. The van der Waals surface area contributed by atoms with E-state index in [9.17, 15) is 4.79 Å². The number of hydrogen-bond donors (Lipinski definition) is 1. The Balaban J connectivity index is 1.76. The van der Waals surface area contributed by atoms with Crippen LogP contribution in [-0.4, -0.2) is 24.6 Å². The molecular formula is C18H15BrN2O2S. The third-order valence-electron chi connectivity index (χ3n) is 4.37. The maximum Gasteiger partial charge on any atom is 0.341 e. The minimum Gasteiger partial charge on any atom is -0.496 e. The molecule has 0 saturated heterocycles. The number of amides is 2. The SMILES string of the molecule is COc1ccc(C2NC(=O)N=C3c4ccccc4SCC32)cc1Br. The van der Waals surface area contributed by atoms with Gasteiger partial charge < -0.3 is 10.1 Å². The maximum atomic E-state index is 12.2. The average Bonchev–Trinajstić information content (AvgIpc) is 2.61. The normalized spacial score (nSPS) is 22.1. The van der Waals surface area contributed by atoms with Crippen LogP contribution in [0.5, 0.6) is 5.75 Å². The zero-order valence-electron chi connectivity index (χ0n) is 13.0. The molecule has 4 rings (SSSR count). The van der Waals surface area contributed by atoms with Gasteiger partial charge in [-0.1, -0.05) is 24.3 Å². The number of rotatable bonds is 2. The Labute approximate surface area is 152 Å². The quantitative estimate of drug-likeness (QED) is 0.807. The van der Waals surface area contributed by atoms with Crippen molar-refractivity contribution < 1.29 is 9.53 Å². The number of urea groups is 1. The predicted octanol–water partition coefficient (Wildman–Crippen LogP) is 4.43. The summed E-state index contributed by atoms with van der Waals surface area (Å²) in [5.74, 6) is 1.82. The van der Waals surface area contributed by atoms with Crippen molar-refractivity contribution in [2.45, 2.75) is 10.9 Å². The van der Waals surface area contributed by atoms with Crippen LogP contribution in [0.1, 0.15) is 17.2 Å². The molecular weight excluding hydrogens is 388 g/mol. The fourth-order valence-corrected chi connectivity index (χ4v) is 5.00. The van der Waals surface area contributed by atoms with E-state index in [1.54, 1.807) is 7.11 Å². The second-order valence-electron chi connectivity index (χ2n) is 5.73. The first kappa shape index (κ1) is 15.7. The molecule has 2 aliphatic rings. The molecule has 2 aliphatic heterocycles. The van der Waals surface area contributed by atoms with Gasteiger partial charge in [0.25, 0.3) is 0 Å². The van der Waals surface area contributed by atoms with Gasteiger partial charge in [0, 0.05) is 22.1 Å². The van der Waals surface area contributed by atoms with Crippen LogP contribution in [0.4, 0.5) is 4.79 Å². The lowest BCUT2D eigenvalue weighted by Gasteiger charge is -2.36. The van der Waals surface area contributed by atoms with Gasteiger partial charge in [0.05, 0.1) is 23.3 Å². The molecule has 24 heavy (non-hydrogen) atoms. The van der Waals surface area contributed by atoms with Gasteiger partial charge in [0.15, 0.2) is 0 Å². The Hall–Kier alpha value is -1.79. The Bertz CT molecular complexity index is 853. The monoisotopic (exact) mass is 402 g/mol. The number of fused-ring (bicyclic) bond motifs is 3. The second kappa shape index (κ2) is 6.26. The van der Waals surface area contributed by atoms with Crippen molar-refractivity contribution in [3.05, 3.63) is 58.1 Å². The van der Waals surface area contributed by atoms with Gasteiger partial charge in [-0.25, -0.2) is 4.79 Å². The van der Waals surface area contributed by atoms with Crippen LogP contribution >= 0.6 is 27.7 Å². The molecule has 4 nitrogen and oxygen atoms in total. The highest BCUT2D eigenvalue weighted by atomic mass is 79.9. The molecule has 2 heterocycles. The summed E-state index contributed by atoms with van der Waals surface area (Å²) >= 11 is 5.35. The van der Waals surface area contributed by atoms with Crippen LogP contribution in [0.3, 0.4) is 0 Å². The van der Waals surface area contributed by atoms with Gasteiger partial charge in [0.2, 0.25) is 0 Å². The lowest BCUT2D eigenvalue weighted by Crippen LogP contribution is -2.43. The molecule has 0 radical (unpaired) electrons. The van der Waals surface area contributed by atoms with Crippen molar-refractivity contribution in [1.29, 1.82) is 0 Å². The average molecular weight is 403 g/mol. The Morgan fingerprint density at radius 3 is 2.92 bits per heavy atom. The summed E-state index contributed by atoms with van der Waals surface area (Å²) in [4.78, 5) is 17.7. The molecule has 0 saturated carbocycles. The number of halogens is 1. The lowest BCUT2D eigenvalue weighted by molar-refractivity contribution is 0.241. The third-order valence-corrected chi connectivity index (χ3v) is 6.18. The number of nitrogens with zero attached hydrogens (tertiary/aromatic N) is 1. The zero-order valence-corrected chi connectivity index (χ0v) is 15.4. The number of aliphatic imine (C=N–C) groups is 1. The molecule has 2 aromatic rings. The number of carbonyl (C=O) groups is 1. The summed E-state index contributed by atoms with van der Waals surface area (Å²) in [6.45, 7) is 0. The lowest BCUT2D eigenvalue weighted by atomic mass is 9.85. The predicted molar refractivity (Wildman–Crippen MR) is 99.2 cm³/mol. The van der Waals surface area contributed by atoms with Crippen LogP contribution in [-0.2, 0) is 0 Å². The Morgan fingerprint density at radius 2 is 2.12 bits per heavy atom. The highest BCUT2D eigenvalue weighted by molar-refractivity contribution is 9.10. The van der Waals surface area contributed by atoms with Crippen LogP contribution in [0.25, 0.3) is 0 Å². The number of benzene rings is 2. The number of hydrogen-bond acceptors (Lipinski definition) is 3. The van der Waals surface area contributed by atoms with E-state index in [2.05, 4.69) is 32.3 Å². The third kappa shape index (κ3) is 2.63. The number of methoxy groups -OCH3 is 1. The highest BCUT2D eigenvalue weighted by Gasteiger charge is 2.37. The minimum atomic E-state index is -0.278.